The summed E-state index contributed by atoms with van der Waals surface area (Å²) in [5.74, 6) is 1.75. The Hall–Kier alpha value is -0.880. The number of aliphatic hydroxyl groups excluding tert-OH is 1. The summed E-state index contributed by atoms with van der Waals surface area (Å²) in [7, 11) is -2.83. The van der Waals surface area contributed by atoms with E-state index >= 15 is 0 Å². The maximum atomic E-state index is 11.5. The van der Waals surface area contributed by atoms with Gasteiger partial charge in [-0.05, 0) is 31.6 Å². The maximum Gasteiger partial charge on any atom is 0.150 e. The highest BCUT2D eigenvalue weighted by atomic mass is 32.2. The molecule has 1 saturated heterocycles. The minimum absolute atomic E-state index is 0.124. The van der Waals surface area contributed by atoms with Gasteiger partial charge in [-0.1, -0.05) is 0 Å². The van der Waals surface area contributed by atoms with E-state index in [0.29, 0.717) is 11.5 Å². The molecule has 0 bridgehead atoms. The third-order valence-electron chi connectivity index (χ3n) is 4.29. The molecule has 2 aliphatic rings. The van der Waals surface area contributed by atoms with E-state index in [1.165, 1.54) is 5.69 Å². The molecule has 1 N–H and O–H groups in total. The lowest BCUT2D eigenvalue weighted by Gasteiger charge is -2.26. The molecular formula is C13H20N2O3S. The molecule has 5 nitrogen and oxygen atoms in total. The molecular weight excluding hydrogens is 264 g/mol. The average Bonchev–Trinajstić information content (AvgIpc) is 2.93. The first-order valence-corrected chi connectivity index (χ1v) is 8.77. The van der Waals surface area contributed by atoms with Crippen molar-refractivity contribution in [2.45, 2.75) is 38.1 Å². The minimum atomic E-state index is -2.83. The second-order valence-electron chi connectivity index (χ2n) is 5.74. The molecule has 1 fully saturated rings. The lowest BCUT2D eigenvalue weighted by molar-refractivity contribution is 0.203. The molecule has 0 saturated carbocycles. The average molecular weight is 284 g/mol. The van der Waals surface area contributed by atoms with Crippen molar-refractivity contribution in [3.63, 3.8) is 0 Å². The Balaban J connectivity index is 1.81. The maximum absolute atomic E-state index is 11.5. The SMILES string of the molecule is O=S1(=O)CCC(Cc2ncc3n2C(CO)CCC3)C1. The summed E-state index contributed by atoms with van der Waals surface area (Å²) in [6.45, 7) is 0.138. The van der Waals surface area contributed by atoms with Crippen molar-refractivity contribution in [2.24, 2.45) is 5.92 Å². The zero-order chi connectivity index (χ0) is 13.5. The van der Waals surface area contributed by atoms with E-state index in [1.807, 2.05) is 6.20 Å². The number of imidazole rings is 1. The third-order valence-corrected chi connectivity index (χ3v) is 6.13. The van der Waals surface area contributed by atoms with Crippen molar-refractivity contribution >= 4 is 9.84 Å². The summed E-state index contributed by atoms with van der Waals surface area (Å²) in [5, 5.41) is 9.48. The highest BCUT2D eigenvalue weighted by Gasteiger charge is 2.30. The summed E-state index contributed by atoms with van der Waals surface area (Å²) >= 11 is 0. The number of fused-ring (bicyclic) bond motifs is 1. The van der Waals surface area contributed by atoms with Gasteiger partial charge in [0.25, 0.3) is 0 Å². The molecule has 0 aliphatic carbocycles. The fraction of sp³-hybridized carbons (Fsp3) is 0.769. The van der Waals surface area contributed by atoms with Gasteiger partial charge >= 0.3 is 0 Å². The quantitative estimate of drug-likeness (QED) is 0.888. The second kappa shape index (κ2) is 4.90. The van der Waals surface area contributed by atoms with Crippen LogP contribution in [0.25, 0.3) is 0 Å². The number of sulfone groups is 1. The Morgan fingerprint density at radius 3 is 2.95 bits per heavy atom. The van der Waals surface area contributed by atoms with Crippen molar-refractivity contribution in [1.29, 1.82) is 0 Å². The molecule has 2 aliphatic heterocycles. The largest absolute Gasteiger partial charge is 0.394 e. The molecule has 0 amide bonds. The van der Waals surface area contributed by atoms with E-state index in [0.717, 1.165) is 37.9 Å². The van der Waals surface area contributed by atoms with Gasteiger partial charge in [0.05, 0.1) is 24.2 Å². The number of aliphatic hydroxyl groups is 1. The van der Waals surface area contributed by atoms with Crippen molar-refractivity contribution in [2.75, 3.05) is 18.1 Å². The molecule has 1 aromatic rings. The predicted molar refractivity (Wildman–Crippen MR) is 71.8 cm³/mol. The molecule has 0 radical (unpaired) electrons. The Labute approximate surface area is 113 Å². The van der Waals surface area contributed by atoms with E-state index in [1.54, 1.807) is 0 Å². The Kier molecular flexibility index (Phi) is 3.39. The van der Waals surface area contributed by atoms with Crippen molar-refractivity contribution in [3.05, 3.63) is 17.7 Å². The van der Waals surface area contributed by atoms with Gasteiger partial charge in [0.1, 0.15) is 5.82 Å². The monoisotopic (exact) mass is 284 g/mol. The smallest absolute Gasteiger partial charge is 0.150 e. The van der Waals surface area contributed by atoms with Gasteiger partial charge in [-0.25, -0.2) is 13.4 Å². The van der Waals surface area contributed by atoms with Gasteiger partial charge < -0.3 is 9.67 Å². The first-order valence-electron chi connectivity index (χ1n) is 6.95. The summed E-state index contributed by atoms with van der Waals surface area (Å²) in [6.07, 6.45) is 6.43. The summed E-state index contributed by atoms with van der Waals surface area (Å²) in [4.78, 5) is 4.46. The third kappa shape index (κ3) is 2.56. The van der Waals surface area contributed by atoms with E-state index in [9.17, 15) is 13.5 Å². The van der Waals surface area contributed by atoms with E-state index in [-0.39, 0.29) is 18.6 Å². The molecule has 2 atom stereocenters. The minimum Gasteiger partial charge on any atom is -0.394 e. The fourth-order valence-corrected chi connectivity index (χ4v) is 5.19. The van der Waals surface area contributed by atoms with Crippen LogP contribution in [-0.2, 0) is 22.7 Å². The van der Waals surface area contributed by atoms with Gasteiger partial charge in [-0.15, -0.1) is 0 Å². The van der Waals surface area contributed by atoms with Crippen LogP contribution in [0, 0.1) is 5.92 Å². The molecule has 2 unspecified atom stereocenters. The van der Waals surface area contributed by atoms with Crippen LogP contribution in [0.15, 0.2) is 6.20 Å². The normalized spacial score (nSPS) is 29.3. The first-order chi connectivity index (χ1) is 9.09. The van der Waals surface area contributed by atoms with Gasteiger partial charge in [0.15, 0.2) is 9.84 Å². The van der Waals surface area contributed by atoms with Gasteiger partial charge in [-0.3, -0.25) is 0 Å². The van der Waals surface area contributed by atoms with Crippen LogP contribution in [0.3, 0.4) is 0 Å². The van der Waals surface area contributed by atoms with Crippen molar-refractivity contribution in [3.8, 4) is 0 Å². The number of aromatic nitrogens is 2. The fourth-order valence-electron chi connectivity index (χ4n) is 3.33. The van der Waals surface area contributed by atoms with Crippen molar-refractivity contribution in [1.82, 2.24) is 9.55 Å². The van der Waals surface area contributed by atoms with Crippen LogP contribution < -0.4 is 0 Å². The number of rotatable bonds is 3. The summed E-state index contributed by atoms with van der Waals surface area (Å²) < 4.78 is 25.2. The van der Waals surface area contributed by atoms with Crippen LogP contribution in [0.5, 0.6) is 0 Å². The molecule has 3 rings (SSSR count). The Bertz CT molecular complexity index is 564. The predicted octanol–water partition coefficient (Wildman–Crippen LogP) is 0.730. The number of nitrogens with zero attached hydrogens (tertiary/aromatic N) is 2. The van der Waals surface area contributed by atoms with E-state index in [4.69, 9.17) is 0 Å². The second-order valence-corrected chi connectivity index (χ2v) is 7.97. The van der Waals surface area contributed by atoms with Crippen molar-refractivity contribution < 1.29 is 13.5 Å². The molecule has 3 heterocycles. The van der Waals surface area contributed by atoms with Gasteiger partial charge in [-0.2, -0.15) is 0 Å². The molecule has 1 aromatic heterocycles. The highest BCUT2D eigenvalue weighted by Crippen LogP contribution is 2.29. The van der Waals surface area contributed by atoms with Gasteiger partial charge in [0.2, 0.25) is 0 Å². The Morgan fingerprint density at radius 2 is 2.26 bits per heavy atom. The lowest BCUT2D eigenvalue weighted by atomic mass is 10.0. The lowest BCUT2D eigenvalue weighted by Crippen LogP contribution is -2.23. The van der Waals surface area contributed by atoms with Crippen LogP contribution >= 0.6 is 0 Å². The van der Waals surface area contributed by atoms with Crippen LogP contribution in [-0.4, -0.2) is 41.2 Å². The number of aryl methyl sites for hydroxylation is 1. The van der Waals surface area contributed by atoms with Crippen LogP contribution in [0.2, 0.25) is 0 Å². The zero-order valence-corrected chi connectivity index (χ0v) is 11.8. The molecule has 19 heavy (non-hydrogen) atoms. The van der Waals surface area contributed by atoms with Gasteiger partial charge in [0, 0.05) is 18.3 Å². The standard InChI is InChI=1S/C13H20N2O3S/c16-8-12-3-1-2-11-7-14-13(15(11)12)6-10-4-5-19(17,18)9-10/h7,10,12,16H,1-6,8-9H2. The summed E-state index contributed by atoms with van der Waals surface area (Å²) in [5.41, 5.74) is 1.18. The molecule has 0 aromatic carbocycles. The van der Waals surface area contributed by atoms with E-state index < -0.39 is 9.84 Å². The topological polar surface area (TPSA) is 72.2 Å². The Morgan fingerprint density at radius 1 is 1.42 bits per heavy atom. The highest BCUT2D eigenvalue weighted by molar-refractivity contribution is 7.91. The first kappa shape index (κ1) is 13.1. The summed E-state index contributed by atoms with van der Waals surface area (Å²) in [6, 6.07) is 0.124. The molecule has 106 valence electrons. The number of hydrogen-bond acceptors (Lipinski definition) is 4. The zero-order valence-electron chi connectivity index (χ0n) is 11.0. The van der Waals surface area contributed by atoms with E-state index in [2.05, 4.69) is 9.55 Å². The van der Waals surface area contributed by atoms with Crippen LogP contribution in [0.1, 0.15) is 36.8 Å². The molecule has 6 heteroatoms. The van der Waals surface area contributed by atoms with Crippen LogP contribution in [0.4, 0.5) is 0 Å². The number of hydrogen-bond donors (Lipinski definition) is 1. The molecule has 0 spiro atoms.